The Morgan fingerprint density at radius 1 is 0.328 bits per heavy atom. The van der Waals surface area contributed by atoms with Crippen LogP contribution in [0.1, 0.15) is 23.3 Å². The van der Waals surface area contributed by atoms with Gasteiger partial charge < -0.3 is 4.57 Å². The minimum atomic E-state index is -0.760. The van der Waals surface area contributed by atoms with Gasteiger partial charge in [0.25, 0.3) is 0 Å². The Hall–Kier alpha value is -8.21. The van der Waals surface area contributed by atoms with Gasteiger partial charge in [0, 0.05) is 27.5 Å². The first kappa shape index (κ1) is 22.2. The molecule has 11 rings (SSSR count). The maximum atomic E-state index is 9.88. The predicted molar refractivity (Wildman–Crippen MR) is 252 cm³/mol. The van der Waals surface area contributed by atoms with Crippen LogP contribution in [0.4, 0.5) is 0 Å². The number of benzene rings is 9. The van der Waals surface area contributed by atoms with Gasteiger partial charge in [0.2, 0.25) is 0 Å². The molecule has 0 spiro atoms. The molecule has 61 heavy (non-hydrogen) atoms. The number of rotatable bonds is 8. The van der Waals surface area contributed by atoms with Crippen molar-refractivity contribution in [3.8, 4) is 84.4 Å². The van der Waals surface area contributed by atoms with Crippen LogP contribution in [0.15, 0.2) is 230 Å². The molecule has 0 atom stereocenters. The largest absolute Gasteiger partial charge is 0.308 e. The summed E-state index contributed by atoms with van der Waals surface area (Å²) in [5.41, 5.74) is 3.21. The fraction of sp³-hybridized carbons (Fsp3) is 0. The van der Waals surface area contributed by atoms with Gasteiger partial charge in [-0.05, 0) is 93.0 Å². The van der Waals surface area contributed by atoms with Crippen LogP contribution in [0.2, 0.25) is 0 Å². The summed E-state index contributed by atoms with van der Waals surface area (Å²) in [4.78, 5) is 14.4. The van der Waals surface area contributed by atoms with E-state index in [1.807, 2.05) is 78.9 Å². The minimum absolute atomic E-state index is 0.0102. The Morgan fingerprint density at radius 2 is 0.836 bits per heavy atom. The standard InChI is InChI=1S/C57H38N4/c1-6-18-39(19-7-1)44-31-33-53-51(37-44)49-28-16-17-29-52(49)61(53)54-38-45(48-35-46(40-20-8-2-9-21-40)34-47(36-48)41-22-10-3-11-23-41)30-32-50(54)57-59-55(42-24-12-4-13-25-42)58-56(60-57)43-26-14-5-15-27-43/h1-38H/i1D,4D,6D,7D,12D,13D,16D,17D,18D,19D,24D,25D,28D,29D,31D,33D,37D. The van der Waals surface area contributed by atoms with Crippen molar-refractivity contribution in [1.82, 2.24) is 19.5 Å². The van der Waals surface area contributed by atoms with Gasteiger partial charge in [-0.25, -0.2) is 15.0 Å². The van der Waals surface area contributed by atoms with Crippen LogP contribution in [-0.2, 0) is 0 Å². The van der Waals surface area contributed by atoms with Gasteiger partial charge in [-0.1, -0.05) is 182 Å². The van der Waals surface area contributed by atoms with E-state index in [4.69, 9.17) is 26.4 Å². The summed E-state index contributed by atoms with van der Waals surface area (Å²) in [7, 11) is 0. The molecule has 0 N–H and O–H groups in total. The summed E-state index contributed by atoms with van der Waals surface area (Å²) in [5.74, 6) is -0.467. The highest BCUT2D eigenvalue weighted by Gasteiger charge is 2.21. The van der Waals surface area contributed by atoms with Crippen molar-refractivity contribution in [2.75, 3.05) is 0 Å². The highest BCUT2D eigenvalue weighted by Crippen LogP contribution is 2.41. The van der Waals surface area contributed by atoms with Crippen molar-refractivity contribution < 1.29 is 23.3 Å². The molecule has 0 fully saturated rings. The molecule has 0 radical (unpaired) electrons. The van der Waals surface area contributed by atoms with Crippen LogP contribution in [0.5, 0.6) is 0 Å². The lowest BCUT2D eigenvalue weighted by Gasteiger charge is -2.17. The van der Waals surface area contributed by atoms with Crippen LogP contribution in [-0.4, -0.2) is 19.5 Å². The Balaban J connectivity index is 1.32. The third-order valence-corrected chi connectivity index (χ3v) is 10.3. The molecule has 0 aliphatic rings. The van der Waals surface area contributed by atoms with Gasteiger partial charge in [-0.3, -0.25) is 0 Å². The summed E-state index contributed by atoms with van der Waals surface area (Å²) in [5, 5.41) is -0.577. The smallest absolute Gasteiger partial charge is 0.166 e. The van der Waals surface area contributed by atoms with Crippen LogP contribution in [0.25, 0.3) is 106 Å². The molecule has 2 heterocycles. The third-order valence-electron chi connectivity index (χ3n) is 10.3. The molecule has 9 aromatic carbocycles. The zero-order valence-electron chi connectivity index (χ0n) is 48.9. The summed E-state index contributed by atoms with van der Waals surface area (Å²) in [6.07, 6.45) is 0. The molecule has 286 valence electrons. The number of para-hydroxylation sites is 1. The number of aromatic nitrogens is 4. The molecular weight excluding hydrogens is 741 g/mol. The highest BCUT2D eigenvalue weighted by atomic mass is 15.1. The van der Waals surface area contributed by atoms with E-state index in [1.165, 1.54) is 4.57 Å². The SMILES string of the molecule is [2H]c1c([2H])c([2H])c(-c2nc(-c3ccccc3)nc(-c3ccc(-c4cc(-c5ccccc5)cc(-c5ccccc5)c4)cc3-n3c4c([2H])c([2H])c([2H])c([2H])c4c4c([2H])c(-c5c([2H])c([2H])c([2H])c([2H])c5[2H])c([2H])c([2H])c43)n2)c([2H])c1[2H]. The summed E-state index contributed by atoms with van der Waals surface area (Å²) in [6.45, 7) is 0. The Bertz CT molecular complexity index is 4230. The molecule has 0 aliphatic heterocycles. The Morgan fingerprint density at radius 3 is 1.48 bits per heavy atom. The zero-order valence-corrected chi connectivity index (χ0v) is 31.9. The predicted octanol–water partition coefficient (Wildman–Crippen LogP) is 14.6. The molecule has 0 saturated carbocycles. The van der Waals surface area contributed by atoms with E-state index in [0.29, 0.717) is 16.7 Å². The summed E-state index contributed by atoms with van der Waals surface area (Å²) < 4.78 is 154. The lowest BCUT2D eigenvalue weighted by Crippen LogP contribution is -2.04. The van der Waals surface area contributed by atoms with E-state index in [1.54, 1.807) is 48.5 Å². The number of nitrogens with zero attached hydrogens (tertiary/aromatic N) is 4. The molecule has 0 saturated heterocycles. The number of fused-ring (bicyclic) bond motifs is 3. The summed E-state index contributed by atoms with van der Waals surface area (Å²) in [6, 6.07) is 27.4. The van der Waals surface area contributed by atoms with Crippen molar-refractivity contribution in [2.24, 2.45) is 0 Å². The lowest BCUT2D eigenvalue weighted by molar-refractivity contribution is 1.06. The maximum absolute atomic E-state index is 9.88. The first-order chi connectivity index (χ1) is 37.3. The van der Waals surface area contributed by atoms with Gasteiger partial charge in [0.15, 0.2) is 17.5 Å². The first-order valence-electron chi connectivity index (χ1n) is 27.7. The second kappa shape index (κ2) is 15.5. The fourth-order valence-electron chi connectivity index (χ4n) is 7.42. The second-order valence-corrected chi connectivity index (χ2v) is 14.0. The van der Waals surface area contributed by atoms with Crippen molar-refractivity contribution in [3.63, 3.8) is 0 Å². The van der Waals surface area contributed by atoms with E-state index < -0.39 is 114 Å². The molecule has 2 aromatic heterocycles. The van der Waals surface area contributed by atoms with Gasteiger partial charge >= 0.3 is 0 Å². The summed E-state index contributed by atoms with van der Waals surface area (Å²) >= 11 is 0. The molecule has 4 nitrogen and oxygen atoms in total. The van der Waals surface area contributed by atoms with E-state index in [2.05, 4.69) is 4.98 Å². The average Bonchev–Trinajstić information content (AvgIpc) is 3.81. The molecule has 0 aliphatic carbocycles. The second-order valence-electron chi connectivity index (χ2n) is 14.0. The normalized spacial score (nSPS) is 15.2. The quantitative estimate of drug-likeness (QED) is 0.154. The van der Waals surface area contributed by atoms with Crippen molar-refractivity contribution in [1.29, 1.82) is 0 Å². The Kier molecular flexibility index (Phi) is 5.66. The molecule has 11 aromatic rings. The van der Waals surface area contributed by atoms with Crippen molar-refractivity contribution in [2.45, 2.75) is 0 Å². The van der Waals surface area contributed by atoms with Crippen LogP contribution >= 0.6 is 0 Å². The van der Waals surface area contributed by atoms with E-state index in [9.17, 15) is 6.85 Å². The van der Waals surface area contributed by atoms with Gasteiger partial charge in [0.05, 0.1) is 40.0 Å². The maximum Gasteiger partial charge on any atom is 0.166 e. The van der Waals surface area contributed by atoms with Crippen LogP contribution in [0.3, 0.4) is 0 Å². The molecule has 4 heteroatoms. The molecular formula is C57H38N4. The average molecular weight is 796 g/mol. The number of hydrogen-bond acceptors (Lipinski definition) is 3. The van der Waals surface area contributed by atoms with E-state index in [0.717, 1.165) is 22.3 Å². The molecule has 0 bridgehead atoms. The monoisotopic (exact) mass is 795 g/mol. The third kappa shape index (κ3) is 6.86. The molecule has 0 unspecified atom stereocenters. The van der Waals surface area contributed by atoms with Crippen molar-refractivity contribution in [3.05, 3.63) is 230 Å². The Labute approximate surface area is 378 Å². The van der Waals surface area contributed by atoms with Crippen molar-refractivity contribution >= 4 is 21.8 Å². The van der Waals surface area contributed by atoms with Gasteiger partial charge in [-0.2, -0.15) is 0 Å². The topological polar surface area (TPSA) is 43.6 Å². The van der Waals surface area contributed by atoms with Gasteiger partial charge in [-0.15, -0.1) is 0 Å². The minimum Gasteiger partial charge on any atom is -0.308 e. The van der Waals surface area contributed by atoms with Crippen LogP contribution < -0.4 is 0 Å². The van der Waals surface area contributed by atoms with E-state index in [-0.39, 0.29) is 56.1 Å². The zero-order chi connectivity index (χ0) is 55.3. The fourth-order valence-corrected chi connectivity index (χ4v) is 7.42. The first-order valence-corrected chi connectivity index (χ1v) is 19.2. The van der Waals surface area contributed by atoms with Crippen LogP contribution in [0, 0.1) is 0 Å². The van der Waals surface area contributed by atoms with Gasteiger partial charge in [0.1, 0.15) is 0 Å². The molecule has 0 amide bonds. The van der Waals surface area contributed by atoms with E-state index >= 15 is 0 Å². The lowest BCUT2D eigenvalue weighted by atomic mass is 9.92. The highest BCUT2D eigenvalue weighted by molar-refractivity contribution is 6.11. The number of hydrogen-bond donors (Lipinski definition) is 0.